The molecule has 1 heterocycles. The molecule has 0 atom stereocenters. The molecule has 1 aromatic heterocycles. The molecule has 282 valence electrons. The van der Waals surface area contributed by atoms with E-state index in [1.54, 1.807) is 0 Å². The van der Waals surface area contributed by atoms with Crippen LogP contribution in [0.2, 0.25) is 0 Å². The second-order valence-corrected chi connectivity index (χ2v) is 15.3. The van der Waals surface area contributed by atoms with Crippen LogP contribution in [0.3, 0.4) is 0 Å². The molecule has 0 unspecified atom stereocenters. The second-order valence-electron chi connectivity index (χ2n) is 15.3. The van der Waals surface area contributed by atoms with Gasteiger partial charge in [0.1, 0.15) is 11.3 Å². The number of benzene rings is 10. The van der Waals surface area contributed by atoms with Crippen molar-refractivity contribution in [3.05, 3.63) is 237 Å². The van der Waals surface area contributed by atoms with E-state index in [0.29, 0.717) is 0 Å². The molecule has 0 aliphatic heterocycles. The van der Waals surface area contributed by atoms with Crippen LogP contribution in [0.15, 0.2) is 241 Å². The topological polar surface area (TPSA) is 16.4 Å². The van der Waals surface area contributed by atoms with Crippen molar-refractivity contribution >= 4 is 49.6 Å². The number of hydrogen-bond acceptors (Lipinski definition) is 2. The van der Waals surface area contributed by atoms with E-state index in [1.807, 2.05) is 0 Å². The highest BCUT2D eigenvalue weighted by atomic mass is 16.3. The number of hydrogen-bond donors (Lipinski definition) is 0. The van der Waals surface area contributed by atoms with E-state index in [0.717, 1.165) is 67.0 Å². The maximum absolute atomic E-state index is 6.94. The fourth-order valence-electron chi connectivity index (χ4n) is 8.75. The Morgan fingerprint density at radius 1 is 0.267 bits per heavy atom. The van der Waals surface area contributed by atoms with E-state index in [9.17, 15) is 0 Å². The van der Waals surface area contributed by atoms with Crippen molar-refractivity contribution in [3.8, 4) is 55.8 Å². The molecule has 0 saturated heterocycles. The normalized spacial score (nSPS) is 11.3. The third-order valence-electron chi connectivity index (χ3n) is 11.7. The summed E-state index contributed by atoms with van der Waals surface area (Å²) in [6.07, 6.45) is 0. The molecule has 11 aromatic rings. The molecular weight excluding hydrogens is 727 g/mol. The quantitative estimate of drug-likeness (QED) is 0.143. The third kappa shape index (κ3) is 6.32. The summed E-state index contributed by atoms with van der Waals surface area (Å²) in [5.74, 6) is 0.892. The molecular formula is C58H39NO. The maximum atomic E-state index is 6.94. The van der Waals surface area contributed by atoms with Crippen LogP contribution in [0.4, 0.5) is 17.1 Å². The summed E-state index contributed by atoms with van der Waals surface area (Å²) in [4.78, 5) is 2.34. The summed E-state index contributed by atoms with van der Waals surface area (Å²) >= 11 is 0. The van der Waals surface area contributed by atoms with Crippen molar-refractivity contribution in [3.63, 3.8) is 0 Å². The molecule has 10 aromatic carbocycles. The van der Waals surface area contributed by atoms with E-state index in [1.165, 1.54) is 38.4 Å². The Hall–Kier alpha value is -7.94. The van der Waals surface area contributed by atoms with Gasteiger partial charge in [0.05, 0.1) is 0 Å². The molecule has 0 spiro atoms. The fraction of sp³-hybridized carbons (Fsp3) is 0. The lowest BCUT2D eigenvalue weighted by Gasteiger charge is -2.26. The Morgan fingerprint density at radius 2 is 0.650 bits per heavy atom. The number of furan rings is 1. The summed E-state index contributed by atoms with van der Waals surface area (Å²) in [5.41, 5.74) is 14.6. The van der Waals surface area contributed by atoms with Gasteiger partial charge in [-0.2, -0.15) is 0 Å². The number of rotatable bonds is 8. The molecule has 0 fully saturated rings. The molecule has 11 rings (SSSR count). The molecule has 0 aliphatic rings. The van der Waals surface area contributed by atoms with Crippen molar-refractivity contribution in [2.75, 3.05) is 4.90 Å². The monoisotopic (exact) mass is 765 g/mol. The summed E-state index contributed by atoms with van der Waals surface area (Å²) in [6.45, 7) is 0. The summed E-state index contributed by atoms with van der Waals surface area (Å²) in [6, 6.07) is 84.5. The van der Waals surface area contributed by atoms with Gasteiger partial charge >= 0.3 is 0 Å². The van der Waals surface area contributed by atoms with Crippen molar-refractivity contribution in [2.45, 2.75) is 0 Å². The van der Waals surface area contributed by atoms with Crippen LogP contribution in [-0.4, -0.2) is 0 Å². The maximum Gasteiger partial charge on any atom is 0.143 e. The second kappa shape index (κ2) is 15.1. The average molecular weight is 766 g/mol. The van der Waals surface area contributed by atoms with Gasteiger partial charge in [0, 0.05) is 39.0 Å². The molecule has 0 saturated carbocycles. The van der Waals surface area contributed by atoms with Gasteiger partial charge in [0.15, 0.2) is 0 Å². The molecule has 2 nitrogen and oxygen atoms in total. The first kappa shape index (κ1) is 35.2. The minimum absolute atomic E-state index is 0.892. The first-order valence-corrected chi connectivity index (χ1v) is 20.5. The van der Waals surface area contributed by atoms with E-state index < -0.39 is 0 Å². The molecule has 0 amide bonds. The lowest BCUT2D eigenvalue weighted by atomic mass is 9.91. The SMILES string of the molecule is c1ccc(-c2ccc(N(c3ccc(-c4ccccc4)cc3)c3ccc(-c4ccc5c(c4)c4ccccc4c4oc(-c6ccccc6)c(-c6ccccc6)c54)cc3)cc2)cc1. The van der Waals surface area contributed by atoms with E-state index >= 15 is 0 Å². The van der Waals surface area contributed by atoms with Crippen molar-refractivity contribution < 1.29 is 4.42 Å². The lowest BCUT2D eigenvalue weighted by Crippen LogP contribution is -2.09. The zero-order valence-electron chi connectivity index (χ0n) is 32.9. The Morgan fingerprint density at radius 3 is 1.15 bits per heavy atom. The van der Waals surface area contributed by atoms with Crippen LogP contribution in [0.1, 0.15) is 0 Å². The largest absolute Gasteiger partial charge is 0.455 e. The van der Waals surface area contributed by atoms with Crippen molar-refractivity contribution in [1.82, 2.24) is 0 Å². The predicted octanol–water partition coefficient (Wildman–Crippen LogP) is 16.5. The summed E-state index contributed by atoms with van der Waals surface area (Å²) < 4.78 is 6.94. The highest BCUT2D eigenvalue weighted by Crippen LogP contribution is 2.48. The Kier molecular flexibility index (Phi) is 8.87. The highest BCUT2D eigenvalue weighted by Gasteiger charge is 2.23. The average Bonchev–Trinajstić information content (AvgIpc) is 3.75. The Bertz CT molecular complexity index is 3160. The molecule has 0 N–H and O–H groups in total. The van der Waals surface area contributed by atoms with Crippen LogP contribution in [0.25, 0.3) is 88.3 Å². The van der Waals surface area contributed by atoms with E-state index in [-0.39, 0.29) is 0 Å². The van der Waals surface area contributed by atoms with Gasteiger partial charge in [0.25, 0.3) is 0 Å². The minimum Gasteiger partial charge on any atom is -0.455 e. The molecule has 0 radical (unpaired) electrons. The van der Waals surface area contributed by atoms with Crippen LogP contribution in [0, 0.1) is 0 Å². The van der Waals surface area contributed by atoms with Crippen LogP contribution in [-0.2, 0) is 0 Å². The standard InChI is InChI=1S/C58H39NO/c1-5-15-40(16-6-1)42-25-32-48(33-26-42)59(49-34-27-43(28-35-49)41-17-7-2-8-18-41)50-36-29-44(30-37-50)47-31-38-52-54(39-47)51-23-13-14-24-53(51)58-56(52)55(45-19-9-3-10-20-45)57(60-58)46-21-11-4-12-22-46/h1-39H. The predicted molar refractivity (Wildman–Crippen MR) is 253 cm³/mol. The van der Waals surface area contributed by atoms with Gasteiger partial charge < -0.3 is 9.32 Å². The van der Waals surface area contributed by atoms with E-state index in [4.69, 9.17) is 4.42 Å². The van der Waals surface area contributed by atoms with Gasteiger partial charge in [-0.3, -0.25) is 0 Å². The van der Waals surface area contributed by atoms with Crippen LogP contribution < -0.4 is 4.90 Å². The van der Waals surface area contributed by atoms with Crippen molar-refractivity contribution in [1.29, 1.82) is 0 Å². The van der Waals surface area contributed by atoms with Gasteiger partial charge in [-0.05, 0) is 97.6 Å². The smallest absolute Gasteiger partial charge is 0.143 e. The molecule has 60 heavy (non-hydrogen) atoms. The number of fused-ring (bicyclic) bond motifs is 6. The van der Waals surface area contributed by atoms with Gasteiger partial charge in [-0.1, -0.05) is 194 Å². The molecule has 2 heteroatoms. The molecule has 0 bridgehead atoms. The highest BCUT2D eigenvalue weighted by molar-refractivity contribution is 6.28. The van der Waals surface area contributed by atoms with Gasteiger partial charge in [-0.25, -0.2) is 0 Å². The van der Waals surface area contributed by atoms with E-state index in [2.05, 4.69) is 241 Å². The first-order chi connectivity index (χ1) is 29.8. The first-order valence-electron chi connectivity index (χ1n) is 20.5. The Labute approximate surface area is 349 Å². The Balaban J connectivity index is 1.03. The summed E-state index contributed by atoms with van der Waals surface area (Å²) in [7, 11) is 0. The third-order valence-corrected chi connectivity index (χ3v) is 11.7. The summed E-state index contributed by atoms with van der Waals surface area (Å²) in [5, 5.41) is 5.81. The molecule has 0 aliphatic carbocycles. The van der Waals surface area contributed by atoms with Gasteiger partial charge in [-0.15, -0.1) is 0 Å². The lowest BCUT2D eigenvalue weighted by molar-refractivity contribution is 0.636. The van der Waals surface area contributed by atoms with Crippen LogP contribution in [0.5, 0.6) is 0 Å². The number of anilines is 3. The zero-order valence-corrected chi connectivity index (χ0v) is 32.9. The van der Waals surface area contributed by atoms with Crippen molar-refractivity contribution in [2.24, 2.45) is 0 Å². The zero-order chi connectivity index (χ0) is 39.8. The fourth-order valence-corrected chi connectivity index (χ4v) is 8.75. The van der Waals surface area contributed by atoms with Crippen LogP contribution >= 0.6 is 0 Å². The minimum atomic E-state index is 0.892. The number of nitrogens with zero attached hydrogens (tertiary/aromatic N) is 1. The van der Waals surface area contributed by atoms with Gasteiger partial charge in [0.2, 0.25) is 0 Å².